The molecule has 1 aromatic rings. The molecule has 0 nitrogen and oxygen atoms in total. The van der Waals surface area contributed by atoms with E-state index in [0.29, 0.717) is 0 Å². The van der Waals surface area contributed by atoms with Crippen molar-refractivity contribution in [1.82, 2.24) is 0 Å². The Bertz CT molecular complexity index is 332. The van der Waals surface area contributed by atoms with Crippen LogP contribution in [0.4, 0.5) is 0 Å². The zero-order valence-corrected chi connectivity index (χ0v) is 11.7. The molecule has 0 N–H and O–H groups in total. The van der Waals surface area contributed by atoms with E-state index in [1.807, 2.05) is 0 Å². The molecule has 0 amide bonds. The molecule has 0 aliphatic heterocycles. The maximum Gasteiger partial charge on any atom is 0.0151 e. The first kappa shape index (κ1) is 12.2. The second kappa shape index (κ2) is 5.86. The Morgan fingerprint density at radius 1 is 1.31 bits per heavy atom. The highest BCUT2D eigenvalue weighted by Gasteiger charge is 2.21. The fourth-order valence-corrected chi connectivity index (χ4v) is 3.50. The fourth-order valence-electron chi connectivity index (χ4n) is 2.72. The molecule has 1 saturated carbocycles. The lowest BCUT2D eigenvalue weighted by Crippen LogP contribution is -2.13. The number of hydrogen-bond donors (Lipinski definition) is 0. The van der Waals surface area contributed by atoms with Crippen molar-refractivity contribution in [2.75, 3.05) is 0 Å². The van der Waals surface area contributed by atoms with Crippen LogP contribution in [0.25, 0.3) is 0 Å². The van der Waals surface area contributed by atoms with Gasteiger partial charge in [-0.15, -0.1) is 0 Å². The summed E-state index contributed by atoms with van der Waals surface area (Å²) in [5, 5.41) is 0. The zero-order chi connectivity index (χ0) is 11.4. The van der Waals surface area contributed by atoms with Gasteiger partial charge in [-0.1, -0.05) is 60.0 Å². The Balaban J connectivity index is 2.09. The van der Waals surface area contributed by atoms with Crippen molar-refractivity contribution < 1.29 is 0 Å². The van der Waals surface area contributed by atoms with Gasteiger partial charge < -0.3 is 0 Å². The molecule has 1 aromatic carbocycles. The Kier molecular flexibility index (Phi) is 4.45. The molecule has 88 valence electrons. The molecule has 2 atom stereocenters. The molecule has 0 radical (unpaired) electrons. The second-order valence-electron chi connectivity index (χ2n) is 4.96. The van der Waals surface area contributed by atoms with Crippen LogP contribution in [0, 0.1) is 0 Å². The number of alkyl halides is 1. The van der Waals surface area contributed by atoms with Crippen molar-refractivity contribution in [1.29, 1.82) is 0 Å². The van der Waals surface area contributed by atoms with Crippen LogP contribution < -0.4 is 0 Å². The van der Waals surface area contributed by atoms with Crippen molar-refractivity contribution in [2.24, 2.45) is 0 Å². The first-order chi connectivity index (χ1) is 7.79. The molecule has 0 spiro atoms. The Morgan fingerprint density at radius 2 is 2.19 bits per heavy atom. The summed E-state index contributed by atoms with van der Waals surface area (Å²) in [5.74, 6) is 0.787. The molecule has 1 aliphatic carbocycles. The van der Waals surface area contributed by atoms with Gasteiger partial charge in [0.25, 0.3) is 0 Å². The van der Waals surface area contributed by atoms with Crippen LogP contribution >= 0.6 is 15.9 Å². The maximum absolute atomic E-state index is 3.78. The minimum atomic E-state index is 0.737. The lowest BCUT2D eigenvalue weighted by Gasteiger charge is -2.26. The molecule has 2 unspecified atom stereocenters. The van der Waals surface area contributed by atoms with E-state index in [4.69, 9.17) is 0 Å². The number of rotatable bonds is 3. The minimum Gasteiger partial charge on any atom is -0.0890 e. The summed E-state index contributed by atoms with van der Waals surface area (Å²) in [6.45, 7) is 2.25. The van der Waals surface area contributed by atoms with Crippen molar-refractivity contribution in [3.8, 4) is 0 Å². The predicted molar refractivity (Wildman–Crippen MR) is 74.4 cm³/mol. The normalized spacial score (nSPS) is 25.6. The van der Waals surface area contributed by atoms with E-state index < -0.39 is 0 Å². The maximum atomic E-state index is 3.78. The molecular formula is C15H21Br. The highest BCUT2D eigenvalue weighted by Crippen LogP contribution is 2.36. The van der Waals surface area contributed by atoms with Gasteiger partial charge in [0.15, 0.2) is 0 Å². The summed E-state index contributed by atoms with van der Waals surface area (Å²) in [6.07, 6.45) is 7.88. The quantitative estimate of drug-likeness (QED) is 0.679. The van der Waals surface area contributed by atoms with Gasteiger partial charge in [-0.25, -0.2) is 0 Å². The van der Waals surface area contributed by atoms with Crippen molar-refractivity contribution in [3.05, 3.63) is 35.4 Å². The third-order valence-electron chi connectivity index (χ3n) is 3.57. The first-order valence-corrected chi connectivity index (χ1v) is 7.44. The van der Waals surface area contributed by atoms with Gasteiger partial charge in [0.2, 0.25) is 0 Å². The predicted octanol–water partition coefficient (Wildman–Crippen LogP) is 5.06. The number of aryl methyl sites for hydroxylation is 1. The van der Waals surface area contributed by atoms with Crippen LogP contribution in [0.2, 0.25) is 0 Å². The largest absolute Gasteiger partial charge is 0.0890 e. The molecule has 1 fully saturated rings. The number of halogens is 1. The van der Waals surface area contributed by atoms with Crippen molar-refractivity contribution in [2.45, 2.75) is 56.2 Å². The topological polar surface area (TPSA) is 0 Å². The van der Waals surface area contributed by atoms with Crippen molar-refractivity contribution in [3.63, 3.8) is 0 Å². The highest BCUT2D eigenvalue weighted by atomic mass is 79.9. The third kappa shape index (κ3) is 3.10. The van der Waals surface area contributed by atoms with E-state index in [2.05, 4.69) is 47.1 Å². The minimum absolute atomic E-state index is 0.737. The molecule has 0 heterocycles. The van der Waals surface area contributed by atoms with E-state index in [1.165, 1.54) is 44.1 Å². The summed E-state index contributed by atoms with van der Waals surface area (Å²) in [5.41, 5.74) is 3.08. The average molecular weight is 281 g/mol. The standard InChI is InChI=1S/C15H21Br/c1-2-5-12-6-3-7-13(10-12)14-8-4-9-15(16)11-14/h3,6-7,10,14-15H,2,4-5,8-9,11H2,1H3. The SMILES string of the molecule is CCCc1cccc(C2CCCC(Br)C2)c1. The van der Waals surface area contributed by atoms with Gasteiger partial charge in [-0.05, 0) is 42.7 Å². The van der Waals surface area contributed by atoms with Crippen LogP contribution in [-0.4, -0.2) is 4.83 Å². The van der Waals surface area contributed by atoms with Crippen LogP contribution in [0.3, 0.4) is 0 Å². The Labute approximate surface area is 108 Å². The van der Waals surface area contributed by atoms with Crippen LogP contribution in [0.5, 0.6) is 0 Å². The van der Waals surface area contributed by atoms with Gasteiger partial charge in [0.05, 0.1) is 0 Å². The fraction of sp³-hybridized carbons (Fsp3) is 0.600. The molecule has 0 aromatic heterocycles. The molecule has 2 rings (SSSR count). The van der Waals surface area contributed by atoms with E-state index in [0.717, 1.165) is 10.7 Å². The van der Waals surface area contributed by atoms with Crippen LogP contribution in [0.15, 0.2) is 24.3 Å². The first-order valence-electron chi connectivity index (χ1n) is 6.52. The molecule has 0 saturated heterocycles. The highest BCUT2D eigenvalue weighted by molar-refractivity contribution is 9.09. The van der Waals surface area contributed by atoms with Gasteiger partial charge in [0.1, 0.15) is 0 Å². The second-order valence-corrected chi connectivity index (χ2v) is 6.25. The molecule has 0 bridgehead atoms. The average Bonchev–Trinajstić information content (AvgIpc) is 2.30. The van der Waals surface area contributed by atoms with E-state index in [9.17, 15) is 0 Å². The zero-order valence-electron chi connectivity index (χ0n) is 10.1. The molecule has 1 heteroatoms. The third-order valence-corrected chi connectivity index (χ3v) is 4.40. The van der Waals surface area contributed by atoms with Gasteiger partial charge >= 0.3 is 0 Å². The summed E-state index contributed by atoms with van der Waals surface area (Å²) < 4.78 is 0. The monoisotopic (exact) mass is 280 g/mol. The number of benzene rings is 1. The molecular weight excluding hydrogens is 260 g/mol. The smallest absolute Gasteiger partial charge is 0.0151 e. The van der Waals surface area contributed by atoms with Gasteiger partial charge in [-0.3, -0.25) is 0 Å². The summed E-state index contributed by atoms with van der Waals surface area (Å²) in [4.78, 5) is 0.737. The van der Waals surface area contributed by atoms with E-state index in [1.54, 1.807) is 5.56 Å². The summed E-state index contributed by atoms with van der Waals surface area (Å²) >= 11 is 3.78. The summed E-state index contributed by atoms with van der Waals surface area (Å²) in [6, 6.07) is 9.24. The number of hydrogen-bond acceptors (Lipinski definition) is 0. The van der Waals surface area contributed by atoms with Crippen LogP contribution in [-0.2, 0) is 6.42 Å². The lowest BCUT2D eigenvalue weighted by molar-refractivity contribution is 0.458. The Morgan fingerprint density at radius 3 is 2.94 bits per heavy atom. The molecule has 1 aliphatic rings. The van der Waals surface area contributed by atoms with Crippen molar-refractivity contribution >= 4 is 15.9 Å². The molecule has 16 heavy (non-hydrogen) atoms. The van der Waals surface area contributed by atoms with E-state index in [-0.39, 0.29) is 0 Å². The lowest BCUT2D eigenvalue weighted by atomic mass is 9.83. The van der Waals surface area contributed by atoms with Gasteiger partial charge in [0, 0.05) is 4.83 Å². The van der Waals surface area contributed by atoms with Crippen LogP contribution in [0.1, 0.15) is 56.1 Å². The van der Waals surface area contributed by atoms with E-state index >= 15 is 0 Å². The Hall–Kier alpha value is -0.300. The summed E-state index contributed by atoms with van der Waals surface area (Å²) in [7, 11) is 0. The van der Waals surface area contributed by atoms with Gasteiger partial charge in [-0.2, -0.15) is 0 Å².